The van der Waals surface area contributed by atoms with Crippen molar-refractivity contribution in [3.8, 4) is 17.4 Å². The lowest BCUT2D eigenvalue weighted by Gasteiger charge is -2.13. The molecule has 10 heteroatoms. The summed E-state index contributed by atoms with van der Waals surface area (Å²) in [4.78, 5) is 21.7. The van der Waals surface area contributed by atoms with E-state index in [0.29, 0.717) is 6.08 Å². The average Bonchev–Trinajstić information content (AvgIpc) is 2.68. The van der Waals surface area contributed by atoms with E-state index in [0.717, 1.165) is 18.3 Å². The Morgan fingerprint density at radius 2 is 1.72 bits per heavy atom. The maximum atomic E-state index is 13.0. The van der Waals surface area contributed by atoms with Gasteiger partial charge in [-0.2, -0.15) is 13.2 Å². The maximum absolute atomic E-state index is 13.0. The molecule has 0 aliphatic heterocycles. The third-order valence-corrected chi connectivity index (χ3v) is 3.15. The van der Waals surface area contributed by atoms with Crippen LogP contribution in [0.25, 0.3) is 6.08 Å². The largest absolute Gasteiger partial charge is 0.506 e. The second-order valence-electron chi connectivity index (χ2n) is 5.25. The molecule has 0 amide bonds. The van der Waals surface area contributed by atoms with Gasteiger partial charge >= 0.3 is 12.1 Å². The van der Waals surface area contributed by atoms with E-state index in [9.17, 15) is 18.0 Å². The SMILES string of the molecule is O=C(O)C=Cc1c(C(F)(F)F)ccnc1Oc1cccnc1.Oc1cccnc1. The molecule has 0 aliphatic carbocycles. The lowest BCUT2D eigenvalue weighted by molar-refractivity contribution is -0.138. The number of nitrogens with zero attached hydrogens (tertiary/aromatic N) is 3. The van der Waals surface area contributed by atoms with Crippen LogP contribution in [-0.4, -0.2) is 31.1 Å². The van der Waals surface area contributed by atoms with Gasteiger partial charge in [-0.3, -0.25) is 9.97 Å². The first-order chi connectivity index (χ1) is 13.8. The normalized spacial score (nSPS) is 10.9. The fourth-order valence-corrected chi connectivity index (χ4v) is 1.97. The number of rotatable bonds is 4. The summed E-state index contributed by atoms with van der Waals surface area (Å²) in [6, 6.07) is 7.02. The highest BCUT2D eigenvalue weighted by Crippen LogP contribution is 2.36. The van der Waals surface area contributed by atoms with Crippen LogP contribution in [-0.2, 0) is 11.0 Å². The summed E-state index contributed by atoms with van der Waals surface area (Å²) in [5.74, 6) is -1.36. The summed E-state index contributed by atoms with van der Waals surface area (Å²) < 4.78 is 44.3. The van der Waals surface area contributed by atoms with E-state index in [1.165, 1.54) is 30.7 Å². The molecule has 3 aromatic rings. The molecular weight excluding hydrogens is 391 g/mol. The van der Waals surface area contributed by atoms with Crippen molar-refractivity contribution in [2.24, 2.45) is 0 Å². The Hall–Kier alpha value is -3.95. The minimum absolute atomic E-state index is 0.180. The molecule has 0 saturated carbocycles. The Bertz CT molecular complexity index is 965. The fourth-order valence-electron chi connectivity index (χ4n) is 1.97. The molecule has 3 aromatic heterocycles. The highest BCUT2D eigenvalue weighted by Gasteiger charge is 2.34. The van der Waals surface area contributed by atoms with Gasteiger partial charge in [-0.15, -0.1) is 0 Å². The zero-order chi connectivity index (χ0) is 21.3. The number of aromatic nitrogens is 3. The molecule has 150 valence electrons. The number of carbonyl (C=O) groups is 1. The van der Waals surface area contributed by atoms with Gasteiger partial charge in [0.1, 0.15) is 11.5 Å². The standard InChI is InChI=1S/C14H9F3N2O3.C5H5NO/c15-14(16,17)11-5-7-19-13(10(11)3-4-12(20)21)22-9-2-1-6-18-8-9;7-5-2-1-3-6-4-5/h1-8H,(H,20,21);1-4,7H. The van der Waals surface area contributed by atoms with Crippen LogP contribution in [0, 0.1) is 0 Å². The lowest BCUT2D eigenvalue weighted by Crippen LogP contribution is -2.09. The predicted octanol–water partition coefficient (Wildman–Crippen LogP) is 4.17. The topological polar surface area (TPSA) is 105 Å². The molecule has 0 spiro atoms. The molecule has 0 aromatic carbocycles. The van der Waals surface area contributed by atoms with Crippen molar-refractivity contribution in [1.82, 2.24) is 15.0 Å². The predicted molar refractivity (Wildman–Crippen MR) is 96.1 cm³/mol. The highest BCUT2D eigenvalue weighted by molar-refractivity contribution is 5.86. The number of alkyl halides is 3. The van der Waals surface area contributed by atoms with Crippen LogP contribution in [0.3, 0.4) is 0 Å². The molecule has 3 rings (SSSR count). The lowest BCUT2D eigenvalue weighted by atomic mass is 10.1. The number of carboxylic acids is 1. The molecule has 0 unspecified atom stereocenters. The van der Waals surface area contributed by atoms with Crippen molar-refractivity contribution < 1.29 is 32.9 Å². The summed E-state index contributed by atoms with van der Waals surface area (Å²) in [7, 11) is 0. The minimum atomic E-state index is -4.67. The van der Waals surface area contributed by atoms with Gasteiger partial charge in [0.05, 0.1) is 18.0 Å². The van der Waals surface area contributed by atoms with Gasteiger partial charge < -0.3 is 14.9 Å². The van der Waals surface area contributed by atoms with Crippen LogP contribution in [0.15, 0.2) is 67.4 Å². The van der Waals surface area contributed by atoms with E-state index in [4.69, 9.17) is 14.9 Å². The molecule has 0 saturated heterocycles. The van der Waals surface area contributed by atoms with Crippen molar-refractivity contribution in [1.29, 1.82) is 0 Å². The molecule has 3 heterocycles. The molecule has 0 radical (unpaired) electrons. The fraction of sp³-hybridized carbons (Fsp3) is 0.0526. The van der Waals surface area contributed by atoms with Crippen molar-refractivity contribution in [2.45, 2.75) is 6.18 Å². The Kier molecular flexibility index (Phi) is 7.24. The molecule has 0 atom stereocenters. The van der Waals surface area contributed by atoms with E-state index >= 15 is 0 Å². The maximum Gasteiger partial charge on any atom is 0.417 e. The number of aliphatic carboxylic acids is 1. The zero-order valence-electron chi connectivity index (χ0n) is 14.6. The van der Waals surface area contributed by atoms with Crippen molar-refractivity contribution in [3.05, 3.63) is 78.5 Å². The summed E-state index contributed by atoms with van der Waals surface area (Å²) in [6.45, 7) is 0. The number of ether oxygens (including phenoxy) is 1. The van der Waals surface area contributed by atoms with Gasteiger partial charge in [-0.05, 0) is 36.4 Å². The Balaban J connectivity index is 0.000000360. The first-order valence-corrected chi connectivity index (χ1v) is 7.91. The minimum Gasteiger partial charge on any atom is -0.506 e. The summed E-state index contributed by atoms with van der Waals surface area (Å²) in [5.41, 5.74) is -1.51. The van der Waals surface area contributed by atoms with Crippen LogP contribution < -0.4 is 4.74 Å². The van der Waals surface area contributed by atoms with Crippen LogP contribution in [0.2, 0.25) is 0 Å². The second-order valence-corrected chi connectivity index (χ2v) is 5.25. The van der Waals surface area contributed by atoms with Crippen LogP contribution >= 0.6 is 0 Å². The molecule has 0 bridgehead atoms. The Morgan fingerprint density at radius 3 is 2.21 bits per heavy atom. The second kappa shape index (κ2) is 9.83. The summed E-state index contributed by atoms with van der Waals surface area (Å²) in [5, 5.41) is 17.2. The molecule has 29 heavy (non-hydrogen) atoms. The van der Waals surface area contributed by atoms with Gasteiger partial charge in [-0.1, -0.05) is 0 Å². The number of hydrogen-bond donors (Lipinski definition) is 2. The molecule has 7 nitrogen and oxygen atoms in total. The van der Waals surface area contributed by atoms with E-state index in [1.54, 1.807) is 18.3 Å². The van der Waals surface area contributed by atoms with Crippen molar-refractivity contribution >= 4 is 12.0 Å². The van der Waals surface area contributed by atoms with Gasteiger partial charge in [-0.25, -0.2) is 9.78 Å². The van der Waals surface area contributed by atoms with Gasteiger partial charge in [0.25, 0.3) is 0 Å². The van der Waals surface area contributed by atoms with Crippen molar-refractivity contribution in [2.75, 3.05) is 0 Å². The van der Waals surface area contributed by atoms with E-state index in [1.807, 2.05) is 0 Å². The van der Waals surface area contributed by atoms with Gasteiger partial charge in [0, 0.05) is 30.2 Å². The Labute approximate surface area is 162 Å². The number of aromatic hydroxyl groups is 1. The van der Waals surface area contributed by atoms with Gasteiger partial charge in [0.2, 0.25) is 5.88 Å². The molecule has 0 aliphatic rings. The first kappa shape index (κ1) is 21.4. The monoisotopic (exact) mass is 405 g/mol. The summed E-state index contributed by atoms with van der Waals surface area (Å²) >= 11 is 0. The van der Waals surface area contributed by atoms with E-state index in [2.05, 4.69) is 15.0 Å². The first-order valence-electron chi connectivity index (χ1n) is 7.91. The molecule has 0 fully saturated rings. The summed E-state index contributed by atoms with van der Waals surface area (Å²) in [6.07, 6.45) is 3.41. The molecular formula is C19H14F3N3O4. The Morgan fingerprint density at radius 1 is 1.03 bits per heavy atom. The number of hydrogen-bond acceptors (Lipinski definition) is 6. The van der Waals surface area contributed by atoms with Crippen LogP contribution in [0.1, 0.15) is 11.1 Å². The quantitative estimate of drug-likeness (QED) is 0.628. The van der Waals surface area contributed by atoms with Crippen molar-refractivity contribution in [3.63, 3.8) is 0 Å². The van der Waals surface area contributed by atoms with Crippen LogP contribution in [0.5, 0.6) is 17.4 Å². The number of carboxylic acid groups (broad SMARTS) is 1. The van der Waals surface area contributed by atoms with E-state index < -0.39 is 23.3 Å². The average molecular weight is 405 g/mol. The molecule has 2 N–H and O–H groups in total. The third-order valence-electron chi connectivity index (χ3n) is 3.15. The number of halogens is 3. The van der Waals surface area contributed by atoms with Crippen LogP contribution in [0.4, 0.5) is 13.2 Å². The third kappa shape index (κ3) is 6.94. The van der Waals surface area contributed by atoms with Gasteiger partial charge in [0.15, 0.2) is 0 Å². The zero-order valence-corrected chi connectivity index (χ0v) is 14.6. The van der Waals surface area contributed by atoms with E-state index in [-0.39, 0.29) is 17.4 Å². The smallest absolute Gasteiger partial charge is 0.417 e. The highest BCUT2D eigenvalue weighted by atomic mass is 19.4. The number of pyridine rings is 3.